The lowest BCUT2D eigenvalue weighted by Gasteiger charge is -2.38. The van der Waals surface area contributed by atoms with Crippen LogP contribution in [0.25, 0.3) is 0 Å². The average Bonchev–Trinajstić information content (AvgIpc) is 2.28. The minimum Gasteiger partial charge on any atom is -0.195 e. The van der Waals surface area contributed by atoms with Crippen molar-refractivity contribution in [3.8, 4) is 0 Å². The van der Waals surface area contributed by atoms with E-state index in [1.54, 1.807) is 11.4 Å². The average molecular weight is 283 g/mol. The summed E-state index contributed by atoms with van der Waals surface area (Å²) in [4.78, 5) is 0. The van der Waals surface area contributed by atoms with Gasteiger partial charge < -0.3 is 0 Å². The van der Waals surface area contributed by atoms with E-state index < -0.39 is 15.7 Å². The Kier molecular flexibility index (Phi) is 4.86. The first-order chi connectivity index (χ1) is 7.71. The Hall–Kier alpha value is 0.160. The topological polar surface area (TPSA) is 40.6 Å². The Morgan fingerprint density at radius 1 is 1.35 bits per heavy atom. The van der Waals surface area contributed by atoms with Gasteiger partial charge in [0.05, 0.1) is 0 Å². The van der Waals surface area contributed by atoms with Crippen LogP contribution < -0.4 is 0 Å². The first kappa shape index (κ1) is 15.2. The van der Waals surface area contributed by atoms with E-state index in [0.717, 1.165) is 12.8 Å². The van der Waals surface area contributed by atoms with Gasteiger partial charge in [0.15, 0.2) is 0 Å². The molecular formula is C11H23ClN2O2S. The molecule has 0 unspecified atom stereocenters. The van der Waals surface area contributed by atoms with Crippen molar-refractivity contribution in [2.24, 2.45) is 5.92 Å². The first-order valence-corrected chi connectivity index (χ1v) is 7.95. The van der Waals surface area contributed by atoms with E-state index >= 15 is 0 Å². The van der Waals surface area contributed by atoms with Crippen molar-refractivity contribution in [3.63, 3.8) is 0 Å². The third-order valence-electron chi connectivity index (χ3n) is 3.59. The van der Waals surface area contributed by atoms with Crippen molar-refractivity contribution in [1.82, 2.24) is 8.61 Å². The number of hydrogen-bond donors (Lipinski definition) is 0. The highest BCUT2D eigenvalue weighted by molar-refractivity contribution is 7.86. The van der Waals surface area contributed by atoms with Crippen LogP contribution in [0.5, 0.6) is 0 Å². The van der Waals surface area contributed by atoms with Crippen LogP contribution in [0.1, 0.15) is 33.6 Å². The molecule has 17 heavy (non-hydrogen) atoms. The fourth-order valence-corrected chi connectivity index (χ4v) is 3.74. The Labute approximate surface area is 110 Å². The molecule has 0 saturated carbocycles. The largest absolute Gasteiger partial charge is 0.282 e. The molecule has 0 amide bonds. The van der Waals surface area contributed by atoms with Gasteiger partial charge in [-0.05, 0) is 32.6 Å². The van der Waals surface area contributed by atoms with Crippen LogP contribution in [0.2, 0.25) is 0 Å². The van der Waals surface area contributed by atoms with E-state index in [-0.39, 0.29) is 5.88 Å². The zero-order valence-electron chi connectivity index (χ0n) is 11.1. The Morgan fingerprint density at radius 3 is 2.24 bits per heavy atom. The van der Waals surface area contributed by atoms with Gasteiger partial charge in [-0.1, -0.05) is 6.92 Å². The number of nitrogens with zero attached hydrogens (tertiary/aromatic N) is 2. The Morgan fingerprint density at radius 2 is 1.82 bits per heavy atom. The standard InChI is InChI=1S/C11H23ClN2O2S/c1-10-5-7-14(8-6-10)17(15,16)13(4)11(2,3)9-12/h10H,5-9H2,1-4H3. The van der Waals surface area contributed by atoms with E-state index in [0.29, 0.717) is 19.0 Å². The highest BCUT2D eigenvalue weighted by Crippen LogP contribution is 2.25. The van der Waals surface area contributed by atoms with Gasteiger partial charge in [0.25, 0.3) is 10.2 Å². The predicted octanol–water partition coefficient (Wildman–Crippen LogP) is 1.91. The number of alkyl halides is 1. The fourth-order valence-electron chi connectivity index (χ4n) is 1.79. The molecular weight excluding hydrogens is 260 g/mol. The molecule has 0 aliphatic carbocycles. The maximum atomic E-state index is 12.4. The van der Waals surface area contributed by atoms with Gasteiger partial charge in [-0.15, -0.1) is 11.6 Å². The maximum Gasteiger partial charge on any atom is 0.282 e. The molecule has 102 valence electrons. The summed E-state index contributed by atoms with van der Waals surface area (Å²) in [7, 11) is -1.77. The minimum atomic E-state index is -3.37. The summed E-state index contributed by atoms with van der Waals surface area (Å²) >= 11 is 5.83. The lowest BCUT2D eigenvalue weighted by atomic mass is 10.0. The van der Waals surface area contributed by atoms with E-state index in [4.69, 9.17) is 11.6 Å². The highest BCUT2D eigenvalue weighted by Gasteiger charge is 2.37. The van der Waals surface area contributed by atoms with Gasteiger partial charge >= 0.3 is 0 Å². The van der Waals surface area contributed by atoms with Crippen molar-refractivity contribution < 1.29 is 8.42 Å². The molecule has 1 heterocycles. The molecule has 0 radical (unpaired) electrons. The summed E-state index contributed by atoms with van der Waals surface area (Å²) in [6, 6.07) is 0. The summed E-state index contributed by atoms with van der Waals surface area (Å²) in [5, 5.41) is 0. The van der Waals surface area contributed by atoms with Crippen LogP contribution in [-0.2, 0) is 10.2 Å². The molecule has 0 atom stereocenters. The second-order valence-corrected chi connectivity index (χ2v) is 7.73. The Balaban J connectivity index is 2.81. The zero-order chi connectivity index (χ0) is 13.3. The highest BCUT2D eigenvalue weighted by atomic mass is 35.5. The van der Waals surface area contributed by atoms with Gasteiger partial charge in [-0.3, -0.25) is 0 Å². The molecule has 4 nitrogen and oxygen atoms in total. The van der Waals surface area contributed by atoms with Crippen LogP contribution in [0.3, 0.4) is 0 Å². The van der Waals surface area contributed by atoms with E-state index in [1.165, 1.54) is 4.31 Å². The molecule has 1 saturated heterocycles. The van der Waals surface area contributed by atoms with Crippen LogP contribution >= 0.6 is 11.6 Å². The van der Waals surface area contributed by atoms with E-state index in [1.807, 2.05) is 13.8 Å². The third kappa shape index (κ3) is 3.34. The van der Waals surface area contributed by atoms with Crippen molar-refractivity contribution in [3.05, 3.63) is 0 Å². The molecule has 0 aromatic carbocycles. The normalized spacial score (nSPS) is 21.1. The lowest BCUT2D eigenvalue weighted by Crippen LogP contribution is -2.53. The Bertz CT molecular complexity index is 348. The van der Waals surface area contributed by atoms with Crippen molar-refractivity contribution in [1.29, 1.82) is 0 Å². The summed E-state index contributed by atoms with van der Waals surface area (Å²) in [6.07, 6.45) is 1.88. The molecule has 6 heteroatoms. The van der Waals surface area contributed by atoms with Crippen molar-refractivity contribution in [2.75, 3.05) is 26.0 Å². The van der Waals surface area contributed by atoms with Crippen LogP contribution in [0.4, 0.5) is 0 Å². The quantitative estimate of drug-likeness (QED) is 0.739. The molecule has 1 aliphatic rings. The van der Waals surface area contributed by atoms with Gasteiger partial charge in [-0.25, -0.2) is 0 Å². The number of halogens is 1. The monoisotopic (exact) mass is 282 g/mol. The van der Waals surface area contributed by atoms with Gasteiger partial charge in [0.1, 0.15) is 0 Å². The van der Waals surface area contributed by atoms with Crippen molar-refractivity contribution in [2.45, 2.75) is 39.2 Å². The third-order valence-corrected chi connectivity index (χ3v) is 6.45. The first-order valence-electron chi connectivity index (χ1n) is 6.02. The lowest BCUT2D eigenvalue weighted by molar-refractivity contribution is 0.234. The zero-order valence-corrected chi connectivity index (χ0v) is 12.7. The number of hydrogen-bond acceptors (Lipinski definition) is 2. The molecule has 0 spiro atoms. The van der Waals surface area contributed by atoms with Crippen LogP contribution in [0, 0.1) is 5.92 Å². The van der Waals surface area contributed by atoms with Crippen LogP contribution in [0.15, 0.2) is 0 Å². The molecule has 0 aromatic rings. The summed E-state index contributed by atoms with van der Waals surface area (Å²) < 4.78 is 27.7. The molecule has 1 rings (SSSR count). The summed E-state index contributed by atoms with van der Waals surface area (Å²) in [6.45, 7) is 7.07. The van der Waals surface area contributed by atoms with E-state index in [9.17, 15) is 8.42 Å². The van der Waals surface area contributed by atoms with Crippen LogP contribution in [-0.4, -0.2) is 48.6 Å². The SMILES string of the molecule is CC1CCN(S(=O)(=O)N(C)C(C)(C)CCl)CC1. The molecule has 0 aromatic heterocycles. The summed E-state index contributed by atoms with van der Waals surface area (Å²) in [5.74, 6) is 0.903. The predicted molar refractivity (Wildman–Crippen MR) is 71.5 cm³/mol. The van der Waals surface area contributed by atoms with E-state index in [2.05, 4.69) is 6.92 Å². The summed E-state index contributed by atoms with van der Waals surface area (Å²) in [5.41, 5.74) is -0.552. The second-order valence-electron chi connectivity index (χ2n) is 5.50. The molecule has 1 fully saturated rings. The van der Waals surface area contributed by atoms with Gasteiger partial charge in [-0.2, -0.15) is 17.0 Å². The molecule has 0 bridgehead atoms. The molecule has 0 N–H and O–H groups in total. The smallest absolute Gasteiger partial charge is 0.195 e. The number of piperidine rings is 1. The van der Waals surface area contributed by atoms with Crippen molar-refractivity contribution >= 4 is 21.8 Å². The molecule has 1 aliphatic heterocycles. The van der Waals surface area contributed by atoms with Gasteiger partial charge in [0, 0.05) is 31.6 Å². The fraction of sp³-hybridized carbons (Fsp3) is 1.00. The minimum absolute atomic E-state index is 0.285. The maximum absolute atomic E-state index is 12.4. The van der Waals surface area contributed by atoms with Gasteiger partial charge in [0.2, 0.25) is 0 Å². The number of rotatable bonds is 4. The second kappa shape index (κ2) is 5.43.